The number of nitrogens with zero attached hydrogens (tertiary/aromatic N) is 5. The number of aromatic nitrogens is 5. The van der Waals surface area contributed by atoms with Crippen molar-refractivity contribution < 1.29 is 0 Å². The predicted octanol–water partition coefficient (Wildman–Crippen LogP) is 3.23. The molecule has 1 saturated heterocycles. The fraction of sp³-hybridized carbons (Fsp3) is 0.400. The molecule has 0 aliphatic carbocycles. The van der Waals surface area contributed by atoms with E-state index in [4.69, 9.17) is 11.6 Å². The quantitative estimate of drug-likeness (QED) is 0.769. The maximum absolute atomic E-state index is 6.39. The molecule has 0 aromatic carbocycles. The molecule has 8 heteroatoms. The van der Waals surface area contributed by atoms with Crippen molar-refractivity contribution in [3.63, 3.8) is 0 Å². The summed E-state index contributed by atoms with van der Waals surface area (Å²) in [6.45, 7) is 2.96. The van der Waals surface area contributed by atoms with E-state index in [2.05, 4.69) is 29.4 Å². The van der Waals surface area contributed by atoms with Crippen LogP contribution in [0.2, 0.25) is 5.15 Å². The Bertz CT molecular complexity index is 772. The van der Waals surface area contributed by atoms with Crippen LogP contribution < -0.4 is 4.90 Å². The van der Waals surface area contributed by atoms with E-state index >= 15 is 0 Å². The Morgan fingerprint density at radius 2 is 2.17 bits per heavy atom. The highest BCUT2D eigenvalue weighted by Gasteiger charge is 2.21. The summed E-state index contributed by atoms with van der Waals surface area (Å²) in [6, 6.07) is 0. The normalized spacial score (nSPS) is 14.7. The van der Waals surface area contributed by atoms with Crippen molar-refractivity contribution in [2.75, 3.05) is 18.0 Å². The fourth-order valence-corrected chi connectivity index (χ4v) is 4.19. The van der Waals surface area contributed by atoms with E-state index in [-0.39, 0.29) is 0 Å². The number of rotatable bonds is 5. The van der Waals surface area contributed by atoms with E-state index in [9.17, 15) is 0 Å². The highest BCUT2D eigenvalue weighted by Crippen LogP contribution is 2.38. The first-order valence-electron chi connectivity index (χ1n) is 7.71. The van der Waals surface area contributed by atoms with Crippen molar-refractivity contribution in [1.82, 2.24) is 24.5 Å². The van der Waals surface area contributed by atoms with Gasteiger partial charge in [0, 0.05) is 50.3 Å². The molecule has 1 N–H and O–H groups in total. The molecule has 0 amide bonds. The van der Waals surface area contributed by atoms with Crippen molar-refractivity contribution in [2.45, 2.75) is 25.8 Å². The lowest BCUT2D eigenvalue weighted by Gasteiger charge is -2.12. The molecule has 0 atom stereocenters. The molecule has 0 radical (unpaired) electrons. The zero-order valence-electron chi connectivity index (χ0n) is 12.6. The lowest BCUT2D eigenvalue weighted by atomic mass is 10.3. The minimum atomic E-state index is 0.547. The van der Waals surface area contributed by atoms with Crippen molar-refractivity contribution >= 4 is 28.1 Å². The van der Waals surface area contributed by atoms with Gasteiger partial charge in [-0.05, 0) is 12.8 Å². The van der Waals surface area contributed by atoms with Crippen LogP contribution in [-0.2, 0) is 13.0 Å². The number of anilines is 1. The maximum Gasteiger partial charge on any atom is 0.187 e. The van der Waals surface area contributed by atoms with Gasteiger partial charge in [0.25, 0.3) is 0 Å². The van der Waals surface area contributed by atoms with Crippen LogP contribution >= 0.6 is 22.9 Å². The third kappa shape index (κ3) is 2.98. The Balaban J connectivity index is 1.57. The van der Waals surface area contributed by atoms with Crippen LogP contribution in [0, 0.1) is 0 Å². The lowest BCUT2D eigenvalue weighted by molar-refractivity contribution is 0.695. The fourth-order valence-electron chi connectivity index (χ4n) is 2.83. The second-order valence-corrected chi connectivity index (χ2v) is 6.92. The number of hydrogen-bond donors (Lipinski definition) is 1. The molecule has 4 heterocycles. The first-order valence-corrected chi connectivity index (χ1v) is 8.91. The monoisotopic (exact) mass is 348 g/mol. The van der Waals surface area contributed by atoms with Crippen LogP contribution in [0.3, 0.4) is 0 Å². The summed E-state index contributed by atoms with van der Waals surface area (Å²) in [7, 11) is 0. The molecular formula is C15H17ClN6S. The van der Waals surface area contributed by atoms with Crippen molar-refractivity contribution in [1.29, 1.82) is 0 Å². The summed E-state index contributed by atoms with van der Waals surface area (Å²) < 4.78 is 2.12. The molecule has 3 aromatic heterocycles. The maximum atomic E-state index is 6.39. The lowest BCUT2D eigenvalue weighted by Crippen LogP contribution is -2.16. The summed E-state index contributed by atoms with van der Waals surface area (Å²) in [4.78, 5) is 19.5. The molecular weight excluding hydrogens is 332 g/mol. The molecule has 1 aliphatic rings. The molecule has 0 bridgehead atoms. The van der Waals surface area contributed by atoms with E-state index in [0.717, 1.165) is 47.6 Å². The molecule has 4 rings (SSSR count). The van der Waals surface area contributed by atoms with Gasteiger partial charge in [0.1, 0.15) is 4.88 Å². The summed E-state index contributed by atoms with van der Waals surface area (Å²) in [6.07, 6.45) is 10.7. The Morgan fingerprint density at radius 1 is 1.30 bits per heavy atom. The standard InChI is InChI=1S/C15H17ClN6S/c16-13-12(23-15(20-13)22-5-1-2-6-22)14-18-4-8-21(14)7-3-11-9-17-10-19-11/h4,8-10H,1-3,5-7H2,(H,17,19). The Hall–Kier alpha value is -1.86. The molecule has 0 unspecified atom stereocenters. The van der Waals surface area contributed by atoms with Crippen LogP contribution in [-0.4, -0.2) is 37.6 Å². The largest absolute Gasteiger partial charge is 0.348 e. The average Bonchev–Trinajstić information content (AvgIpc) is 3.32. The van der Waals surface area contributed by atoms with Gasteiger partial charge in [-0.25, -0.2) is 15.0 Å². The highest BCUT2D eigenvalue weighted by atomic mass is 35.5. The number of H-pyrrole nitrogens is 1. The van der Waals surface area contributed by atoms with Crippen molar-refractivity contribution in [2.24, 2.45) is 0 Å². The van der Waals surface area contributed by atoms with Gasteiger partial charge in [0.05, 0.1) is 6.33 Å². The highest BCUT2D eigenvalue weighted by molar-refractivity contribution is 7.19. The third-order valence-electron chi connectivity index (χ3n) is 4.05. The summed E-state index contributed by atoms with van der Waals surface area (Å²) in [5.41, 5.74) is 1.11. The van der Waals surface area contributed by atoms with Gasteiger partial charge >= 0.3 is 0 Å². The number of hydrogen-bond acceptors (Lipinski definition) is 5. The minimum absolute atomic E-state index is 0.547. The van der Waals surface area contributed by atoms with Gasteiger partial charge in [0.15, 0.2) is 16.1 Å². The molecule has 1 fully saturated rings. The Kier molecular flexibility index (Phi) is 4.05. The van der Waals surface area contributed by atoms with Crippen LogP contribution in [0.4, 0.5) is 5.13 Å². The van der Waals surface area contributed by atoms with Gasteiger partial charge in [-0.2, -0.15) is 0 Å². The minimum Gasteiger partial charge on any atom is -0.348 e. The molecule has 6 nitrogen and oxygen atoms in total. The van der Waals surface area contributed by atoms with Gasteiger partial charge in [-0.15, -0.1) is 0 Å². The number of halogens is 1. The average molecular weight is 349 g/mol. The van der Waals surface area contributed by atoms with E-state index in [1.807, 2.05) is 18.6 Å². The van der Waals surface area contributed by atoms with Crippen molar-refractivity contribution in [3.05, 3.63) is 35.8 Å². The zero-order valence-corrected chi connectivity index (χ0v) is 14.1. The van der Waals surface area contributed by atoms with Gasteiger partial charge < -0.3 is 14.5 Å². The van der Waals surface area contributed by atoms with Gasteiger partial charge in [0.2, 0.25) is 0 Å². The van der Waals surface area contributed by atoms with Crippen LogP contribution in [0.25, 0.3) is 10.7 Å². The molecule has 120 valence electrons. The van der Waals surface area contributed by atoms with Gasteiger partial charge in [-0.3, -0.25) is 0 Å². The van der Waals surface area contributed by atoms with Crippen LogP contribution in [0.15, 0.2) is 24.9 Å². The summed E-state index contributed by atoms with van der Waals surface area (Å²) >= 11 is 8.02. The zero-order chi connectivity index (χ0) is 15.6. The Morgan fingerprint density at radius 3 is 2.96 bits per heavy atom. The molecule has 3 aromatic rings. The topological polar surface area (TPSA) is 62.6 Å². The molecule has 1 aliphatic heterocycles. The molecule has 23 heavy (non-hydrogen) atoms. The third-order valence-corrected chi connectivity index (χ3v) is 5.54. The van der Waals surface area contributed by atoms with Crippen LogP contribution in [0.1, 0.15) is 18.5 Å². The smallest absolute Gasteiger partial charge is 0.187 e. The number of nitrogens with one attached hydrogen (secondary N) is 1. The first kappa shape index (κ1) is 14.7. The number of aromatic amines is 1. The Labute approximate surface area is 143 Å². The number of imidazole rings is 2. The van der Waals surface area contributed by atoms with E-state index in [1.54, 1.807) is 17.7 Å². The SMILES string of the molecule is Clc1nc(N2CCCC2)sc1-c1nccn1CCc1cnc[nH]1. The molecule has 0 saturated carbocycles. The summed E-state index contributed by atoms with van der Waals surface area (Å²) in [5.74, 6) is 0.887. The summed E-state index contributed by atoms with van der Waals surface area (Å²) in [5, 5.41) is 1.55. The van der Waals surface area contributed by atoms with E-state index in [0.29, 0.717) is 5.15 Å². The predicted molar refractivity (Wildman–Crippen MR) is 92.1 cm³/mol. The number of thiazole rings is 1. The van der Waals surface area contributed by atoms with Gasteiger partial charge in [-0.1, -0.05) is 22.9 Å². The molecule has 0 spiro atoms. The second kappa shape index (κ2) is 6.33. The first-order chi connectivity index (χ1) is 11.3. The second-order valence-electron chi connectivity index (χ2n) is 5.58. The van der Waals surface area contributed by atoms with E-state index < -0.39 is 0 Å². The number of aryl methyl sites for hydroxylation is 2. The van der Waals surface area contributed by atoms with Crippen molar-refractivity contribution in [3.8, 4) is 10.7 Å². The van der Waals surface area contributed by atoms with Crippen LogP contribution in [0.5, 0.6) is 0 Å². The van der Waals surface area contributed by atoms with E-state index in [1.165, 1.54) is 12.8 Å².